The molecule has 0 spiro atoms. The maximum atomic E-state index is 13.2. The topological polar surface area (TPSA) is 73.7 Å². The number of benzene rings is 2. The van der Waals surface area contributed by atoms with Gasteiger partial charge in [0.05, 0.1) is 17.1 Å². The quantitative estimate of drug-likeness (QED) is 0.331. The van der Waals surface area contributed by atoms with E-state index in [1.54, 1.807) is 12.1 Å². The van der Waals surface area contributed by atoms with Crippen molar-refractivity contribution in [2.24, 2.45) is 0 Å². The van der Waals surface area contributed by atoms with Gasteiger partial charge in [-0.05, 0) is 47.4 Å². The highest BCUT2D eigenvalue weighted by Crippen LogP contribution is 2.22. The highest BCUT2D eigenvalue weighted by Gasteiger charge is 2.19. The van der Waals surface area contributed by atoms with Gasteiger partial charge in [-0.15, -0.1) is 11.8 Å². The first-order valence-corrected chi connectivity index (χ1v) is 10.2. The van der Waals surface area contributed by atoms with Gasteiger partial charge in [-0.3, -0.25) is 4.79 Å². The van der Waals surface area contributed by atoms with Crippen LogP contribution in [0.1, 0.15) is 15.9 Å². The molecular weight excluding hydrogens is 402 g/mol. The van der Waals surface area contributed by atoms with E-state index in [-0.39, 0.29) is 25.7 Å². The normalized spacial score (nSPS) is 10.5. The Hall–Kier alpha value is -3.10. The van der Waals surface area contributed by atoms with Crippen molar-refractivity contribution in [1.29, 1.82) is 0 Å². The van der Waals surface area contributed by atoms with Gasteiger partial charge < -0.3 is 15.0 Å². The van der Waals surface area contributed by atoms with E-state index in [2.05, 4.69) is 11.6 Å². The summed E-state index contributed by atoms with van der Waals surface area (Å²) in [5.41, 5.74) is 2.67. The number of nitrogens with zero attached hydrogens (tertiary/aromatic N) is 2. The summed E-state index contributed by atoms with van der Waals surface area (Å²) in [5.74, 6) is -0.343. The van der Waals surface area contributed by atoms with Gasteiger partial charge in [-0.1, -0.05) is 30.8 Å². The number of aromatic nitrogens is 1. The molecule has 0 aliphatic heterocycles. The number of carbonyl (C=O) groups excluding carboxylic acids is 1. The van der Waals surface area contributed by atoms with Gasteiger partial charge in [0.2, 0.25) is 0 Å². The van der Waals surface area contributed by atoms with Crippen LogP contribution in [-0.2, 0) is 5.75 Å². The molecule has 1 aromatic heterocycles. The molecule has 0 radical (unpaired) electrons. The monoisotopic (exact) mass is 422 g/mol. The van der Waals surface area contributed by atoms with Crippen LogP contribution in [0.5, 0.6) is 0 Å². The molecule has 0 aliphatic rings. The van der Waals surface area contributed by atoms with Gasteiger partial charge in [0.25, 0.3) is 5.91 Å². The molecule has 3 aromatic rings. The Morgan fingerprint density at radius 3 is 2.50 bits per heavy atom. The summed E-state index contributed by atoms with van der Waals surface area (Å²) in [5, 5.41) is 19.8. The lowest BCUT2D eigenvalue weighted by Crippen LogP contribution is -2.32. The number of thioether (sulfide) groups is 1. The number of pyridine rings is 1. The van der Waals surface area contributed by atoms with Crippen molar-refractivity contribution in [3.05, 3.63) is 96.1 Å². The molecule has 0 saturated carbocycles. The van der Waals surface area contributed by atoms with Crippen LogP contribution in [0.25, 0.3) is 0 Å². The Morgan fingerprint density at radius 1 is 1.13 bits per heavy atom. The molecule has 0 fully saturated rings. The van der Waals surface area contributed by atoms with Crippen LogP contribution in [0.2, 0.25) is 0 Å². The molecule has 2 N–H and O–H groups in total. The Morgan fingerprint density at radius 2 is 1.87 bits per heavy atom. The molecule has 152 valence electrons. The zero-order valence-corrected chi connectivity index (χ0v) is 17.0. The molecule has 5 nitrogen and oxygen atoms in total. The fourth-order valence-electron chi connectivity index (χ4n) is 2.84. The fourth-order valence-corrected chi connectivity index (χ4v) is 3.71. The van der Waals surface area contributed by atoms with E-state index in [4.69, 9.17) is 0 Å². The van der Waals surface area contributed by atoms with E-state index in [1.165, 1.54) is 47.1 Å². The molecule has 30 heavy (non-hydrogen) atoms. The van der Waals surface area contributed by atoms with Crippen molar-refractivity contribution in [2.45, 2.75) is 10.8 Å². The lowest BCUT2D eigenvalue weighted by atomic mass is 9.85. The summed E-state index contributed by atoms with van der Waals surface area (Å²) in [6, 6.07) is 16.5. The third-order valence-corrected chi connectivity index (χ3v) is 5.36. The second kappa shape index (κ2) is 10.1. The van der Waals surface area contributed by atoms with Crippen LogP contribution in [0.4, 0.5) is 10.1 Å². The second-order valence-corrected chi connectivity index (χ2v) is 7.53. The van der Waals surface area contributed by atoms with Gasteiger partial charge in [0, 0.05) is 17.6 Å². The number of hydrogen-bond acceptors (Lipinski definition) is 5. The number of rotatable bonds is 8. The third-order valence-electron chi connectivity index (χ3n) is 4.37. The average molecular weight is 422 g/mol. The van der Waals surface area contributed by atoms with Gasteiger partial charge in [0.15, 0.2) is 0 Å². The lowest BCUT2D eigenvalue weighted by Gasteiger charge is -2.22. The Labute approximate surface area is 179 Å². The number of hydrogen-bond donors (Lipinski definition) is 2. The molecule has 0 aliphatic carbocycles. The van der Waals surface area contributed by atoms with Crippen LogP contribution in [-0.4, -0.2) is 35.0 Å². The van der Waals surface area contributed by atoms with E-state index in [0.717, 1.165) is 16.1 Å². The number of aliphatic hydroxyl groups excluding tert-OH is 1. The zero-order chi connectivity index (χ0) is 21.5. The molecule has 1 amide bonds. The average Bonchev–Trinajstić information content (AvgIpc) is 2.76. The molecule has 8 heteroatoms. The number of carbonyl (C=O) groups is 1. The minimum atomic E-state index is -0.417. The van der Waals surface area contributed by atoms with Crippen LogP contribution in [0, 0.1) is 5.82 Å². The predicted octanol–water partition coefficient (Wildman–Crippen LogP) is 3.20. The van der Waals surface area contributed by atoms with Crippen molar-refractivity contribution in [2.75, 3.05) is 11.4 Å². The minimum absolute atomic E-state index is 0.0209. The first-order valence-electron chi connectivity index (χ1n) is 9.18. The molecule has 0 saturated heterocycles. The van der Waals surface area contributed by atoms with Gasteiger partial charge in [-0.25, -0.2) is 9.37 Å². The number of aliphatic hydroxyl groups is 1. The van der Waals surface area contributed by atoms with Crippen molar-refractivity contribution >= 4 is 36.3 Å². The van der Waals surface area contributed by atoms with Crippen LogP contribution < -0.4 is 10.4 Å². The SMILES string of the molecule is C=C(O)CN(C(=O)c1ccc(SCc2ccccc2BO)nc1)c1ccc(F)cc1. The van der Waals surface area contributed by atoms with E-state index >= 15 is 0 Å². The summed E-state index contributed by atoms with van der Waals surface area (Å²) in [7, 11) is -0.0209. The van der Waals surface area contributed by atoms with E-state index in [0.29, 0.717) is 17.0 Å². The number of halogens is 1. The molecule has 0 unspecified atom stereocenters. The van der Waals surface area contributed by atoms with Crippen molar-refractivity contribution in [3.63, 3.8) is 0 Å². The highest BCUT2D eigenvalue weighted by atomic mass is 32.2. The minimum Gasteiger partial charge on any atom is -0.511 e. The summed E-state index contributed by atoms with van der Waals surface area (Å²) in [4.78, 5) is 18.6. The van der Waals surface area contributed by atoms with E-state index in [1.807, 2.05) is 24.3 Å². The molecular formula is C22H20BFN2O3S. The molecule has 1 heterocycles. The molecule has 0 bridgehead atoms. The van der Waals surface area contributed by atoms with Crippen LogP contribution in [0.3, 0.4) is 0 Å². The fraction of sp³-hybridized carbons (Fsp3) is 0.0909. The van der Waals surface area contributed by atoms with Crippen molar-refractivity contribution in [1.82, 2.24) is 4.98 Å². The second-order valence-electron chi connectivity index (χ2n) is 6.53. The largest absolute Gasteiger partial charge is 0.511 e. The summed E-state index contributed by atoms with van der Waals surface area (Å²) < 4.78 is 13.2. The van der Waals surface area contributed by atoms with Crippen LogP contribution >= 0.6 is 11.8 Å². The predicted molar refractivity (Wildman–Crippen MR) is 119 cm³/mol. The first kappa shape index (κ1) is 21.6. The number of anilines is 1. The first-order chi connectivity index (χ1) is 14.5. The van der Waals surface area contributed by atoms with Gasteiger partial charge >= 0.3 is 7.48 Å². The molecule has 2 aromatic carbocycles. The Bertz CT molecular complexity index is 1030. The Balaban J connectivity index is 1.73. The third kappa shape index (κ3) is 5.49. The summed E-state index contributed by atoms with van der Waals surface area (Å²) in [6.45, 7) is 3.33. The molecule has 3 rings (SSSR count). The maximum Gasteiger partial charge on any atom is 0.305 e. The highest BCUT2D eigenvalue weighted by molar-refractivity contribution is 7.98. The zero-order valence-electron chi connectivity index (χ0n) is 16.2. The Kier molecular flexibility index (Phi) is 7.27. The van der Waals surface area contributed by atoms with Gasteiger partial charge in [-0.2, -0.15) is 0 Å². The lowest BCUT2D eigenvalue weighted by molar-refractivity contribution is 0.0985. The van der Waals surface area contributed by atoms with Crippen molar-refractivity contribution < 1.29 is 19.3 Å². The maximum absolute atomic E-state index is 13.2. The standard InChI is InChI=1S/C22H20BFN2O3S/c1-15(27)13-26(19-9-7-18(24)8-10-19)22(28)16-6-11-21(25-12-16)30-14-17-4-2-3-5-20(17)23-29/h2-12,23,27,29H,1,13-14H2. The number of amides is 1. The van der Waals surface area contributed by atoms with Crippen LogP contribution in [0.15, 0.2) is 84.2 Å². The summed E-state index contributed by atoms with van der Waals surface area (Å²) >= 11 is 1.50. The summed E-state index contributed by atoms with van der Waals surface area (Å²) in [6.07, 6.45) is 1.47. The van der Waals surface area contributed by atoms with E-state index in [9.17, 15) is 19.3 Å². The van der Waals surface area contributed by atoms with E-state index < -0.39 is 5.82 Å². The van der Waals surface area contributed by atoms with Crippen molar-refractivity contribution in [3.8, 4) is 0 Å². The smallest absolute Gasteiger partial charge is 0.305 e. The van der Waals surface area contributed by atoms with Gasteiger partial charge in [0.1, 0.15) is 11.6 Å². The molecule has 0 atom stereocenters.